The molecule has 114 valence electrons. The Hall–Kier alpha value is -0.610. The van der Waals surface area contributed by atoms with Gasteiger partial charge in [0.05, 0.1) is 6.10 Å². The van der Waals surface area contributed by atoms with E-state index in [0.717, 1.165) is 19.6 Å². The molecule has 0 aromatic rings. The van der Waals surface area contributed by atoms with E-state index in [9.17, 15) is 4.79 Å². The van der Waals surface area contributed by atoms with Crippen molar-refractivity contribution in [2.45, 2.75) is 64.5 Å². The van der Waals surface area contributed by atoms with E-state index in [0.29, 0.717) is 5.41 Å². The summed E-state index contributed by atoms with van der Waals surface area (Å²) in [6.07, 6.45) is 5.97. The van der Waals surface area contributed by atoms with Crippen molar-refractivity contribution in [2.24, 2.45) is 22.5 Å². The first-order valence-corrected chi connectivity index (χ1v) is 8.06. The minimum atomic E-state index is -0.754. The van der Waals surface area contributed by atoms with Crippen LogP contribution >= 0.6 is 0 Å². The van der Waals surface area contributed by atoms with E-state index in [1.165, 1.54) is 25.7 Å². The minimum Gasteiger partial charge on any atom is -0.377 e. The lowest BCUT2D eigenvalue weighted by molar-refractivity contribution is -0.175. The number of fused-ring (bicyclic) bond motifs is 1. The molecule has 0 aromatic heterocycles. The van der Waals surface area contributed by atoms with Crippen LogP contribution in [0.25, 0.3) is 0 Å². The maximum atomic E-state index is 12.7. The van der Waals surface area contributed by atoms with Crippen molar-refractivity contribution in [2.75, 3.05) is 13.2 Å². The highest BCUT2D eigenvalue weighted by atomic mass is 16.5. The van der Waals surface area contributed by atoms with E-state index < -0.39 is 5.54 Å². The van der Waals surface area contributed by atoms with Gasteiger partial charge in [-0.25, -0.2) is 0 Å². The third-order valence-electron chi connectivity index (χ3n) is 6.19. The van der Waals surface area contributed by atoms with Crippen molar-refractivity contribution in [1.29, 1.82) is 0 Å². The number of rotatable bonds is 5. The Balaban J connectivity index is 1.65. The Morgan fingerprint density at radius 1 is 1.40 bits per heavy atom. The predicted molar refractivity (Wildman–Crippen MR) is 78.1 cm³/mol. The van der Waals surface area contributed by atoms with Crippen molar-refractivity contribution in [1.82, 2.24) is 5.32 Å². The number of carbonyl (C=O) groups is 1. The fraction of sp³-hybridized carbons (Fsp3) is 0.938. The Labute approximate surface area is 121 Å². The second-order valence-corrected chi connectivity index (χ2v) is 7.71. The molecule has 1 amide bonds. The normalized spacial score (nSPS) is 39.8. The molecule has 1 heterocycles. The molecule has 20 heavy (non-hydrogen) atoms. The minimum absolute atomic E-state index is 0.0385. The summed E-state index contributed by atoms with van der Waals surface area (Å²) in [4.78, 5) is 12.7. The van der Waals surface area contributed by atoms with Gasteiger partial charge in [0.1, 0.15) is 5.54 Å². The summed E-state index contributed by atoms with van der Waals surface area (Å²) in [5, 5.41) is 3.16. The molecule has 3 fully saturated rings. The summed E-state index contributed by atoms with van der Waals surface area (Å²) in [6, 6.07) is 0. The van der Waals surface area contributed by atoms with Crippen molar-refractivity contribution in [3.05, 3.63) is 0 Å². The molecule has 4 nitrogen and oxygen atoms in total. The van der Waals surface area contributed by atoms with Crippen LogP contribution in [0.1, 0.15) is 52.9 Å². The molecule has 3 aliphatic rings. The molecule has 0 radical (unpaired) electrons. The highest BCUT2D eigenvalue weighted by Gasteiger charge is 2.71. The molecule has 1 aliphatic heterocycles. The van der Waals surface area contributed by atoms with Gasteiger partial charge in [0.2, 0.25) is 5.91 Å². The van der Waals surface area contributed by atoms with Crippen LogP contribution in [0.5, 0.6) is 0 Å². The number of ether oxygens (including phenoxy) is 1. The van der Waals surface area contributed by atoms with E-state index in [4.69, 9.17) is 10.5 Å². The van der Waals surface area contributed by atoms with Crippen LogP contribution in [0.4, 0.5) is 0 Å². The molecule has 0 bridgehead atoms. The molecule has 3 N–H and O–H groups in total. The highest BCUT2D eigenvalue weighted by molar-refractivity contribution is 5.89. The van der Waals surface area contributed by atoms with Gasteiger partial charge in [0.15, 0.2) is 0 Å². The van der Waals surface area contributed by atoms with Gasteiger partial charge in [-0.1, -0.05) is 27.2 Å². The predicted octanol–water partition coefficient (Wildman–Crippen LogP) is 1.83. The highest BCUT2D eigenvalue weighted by Crippen LogP contribution is 2.58. The second kappa shape index (κ2) is 4.44. The van der Waals surface area contributed by atoms with Gasteiger partial charge in [-0.2, -0.15) is 0 Å². The van der Waals surface area contributed by atoms with Gasteiger partial charge in [0, 0.05) is 24.5 Å². The van der Waals surface area contributed by atoms with Crippen LogP contribution in [0.2, 0.25) is 0 Å². The Morgan fingerprint density at radius 2 is 2.10 bits per heavy atom. The first kappa shape index (κ1) is 14.3. The lowest BCUT2D eigenvalue weighted by Gasteiger charge is -2.60. The smallest absolute Gasteiger partial charge is 0.241 e. The molecule has 2 saturated carbocycles. The zero-order valence-electron chi connectivity index (χ0n) is 13.0. The average molecular weight is 280 g/mol. The summed E-state index contributed by atoms with van der Waals surface area (Å²) >= 11 is 0. The van der Waals surface area contributed by atoms with Crippen molar-refractivity contribution in [3.8, 4) is 0 Å². The molecule has 4 heteroatoms. The van der Waals surface area contributed by atoms with Crippen molar-refractivity contribution < 1.29 is 9.53 Å². The zero-order valence-corrected chi connectivity index (χ0v) is 13.0. The maximum Gasteiger partial charge on any atom is 0.241 e. The number of hydrogen-bond donors (Lipinski definition) is 2. The molecule has 2 aliphatic carbocycles. The largest absolute Gasteiger partial charge is 0.377 e. The standard InChI is InChI=1S/C16H28N2O2/c1-4-6-15(7-8-15)10-18-13(19)16(17)11-5-9-20-12(11)14(16,2)3/h11-12H,4-10,17H2,1-3H3,(H,18,19). The third kappa shape index (κ3) is 1.77. The van der Waals surface area contributed by atoms with Crippen LogP contribution in [0.15, 0.2) is 0 Å². The molecule has 3 unspecified atom stereocenters. The fourth-order valence-corrected chi connectivity index (χ4v) is 4.48. The molecule has 0 spiro atoms. The lowest BCUT2D eigenvalue weighted by atomic mass is 9.48. The zero-order chi connectivity index (χ0) is 14.6. The van der Waals surface area contributed by atoms with Crippen LogP contribution < -0.4 is 11.1 Å². The first-order valence-electron chi connectivity index (χ1n) is 8.06. The Bertz CT molecular complexity index is 417. The number of hydrogen-bond acceptors (Lipinski definition) is 3. The third-order valence-corrected chi connectivity index (χ3v) is 6.19. The number of nitrogens with one attached hydrogen (secondary N) is 1. The average Bonchev–Trinajstić information content (AvgIpc) is 3.01. The monoisotopic (exact) mass is 280 g/mol. The SMILES string of the molecule is CCCC1(CNC(=O)C2(N)C3CCOC3C2(C)C)CC1. The Kier molecular flexibility index (Phi) is 3.18. The van der Waals surface area contributed by atoms with Crippen LogP contribution in [-0.4, -0.2) is 30.7 Å². The van der Waals surface area contributed by atoms with E-state index in [1.807, 2.05) is 0 Å². The van der Waals surface area contributed by atoms with Crippen LogP contribution in [0, 0.1) is 16.7 Å². The molecular formula is C16H28N2O2. The van der Waals surface area contributed by atoms with Crippen LogP contribution in [0.3, 0.4) is 0 Å². The topological polar surface area (TPSA) is 64.4 Å². The summed E-state index contributed by atoms with van der Waals surface area (Å²) in [6.45, 7) is 7.88. The number of carbonyl (C=O) groups excluding carboxylic acids is 1. The van der Waals surface area contributed by atoms with Gasteiger partial charge < -0.3 is 15.8 Å². The maximum absolute atomic E-state index is 12.7. The summed E-state index contributed by atoms with van der Waals surface area (Å²) in [5.41, 5.74) is 5.90. The van der Waals surface area contributed by atoms with Gasteiger partial charge >= 0.3 is 0 Å². The van der Waals surface area contributed by atoms with Gasteiger partial charge in [0.25, 0.3) is 0 Å². The van der Waals surface area contributed by atoms with E-state index in [-0.39, 0.29) is 23.3 Å². The van der Waals surface area contributed by atoms with Crippen molar-refractivity contribution >= 4 is 5.91 Å². The molecular weight excluding hydrogens is 252 g/mol. The molecule has 3 atom stereocenters. The van der Waals surface area contributed by atoms with E-state index in [1.54, 1.807) is 0 Å². The lowest BCUT2D eigenvalue weighted by Crippen LogP contribution is -2.80. The van der Waals surface area contributed by atoms with E-state index in [2.05, 4.69) is 26.1 Å². The summed E-state index contributed by atoms with van der Waals surface area (Å²) in [5.74, 6) is 0.232. The Morgan fingerprint density at radius 3 is 2.70 bits per heavy atom. The summed E-state index contributed by atoms with van der Waals surface area (Å²) in [7, 11) is 0. The second-order valence-electron chi connectivity index (χ2n) is 7.71. The van der Waals surface area contributed by atoms with Crippen molar-refractivity contribution in [3.63, 3.8) is 0 Å². The molecule has 0 aromatic carbocycles. The van der Waals surface area contributed by atoms with Crippen LogP contribution in [-0.2, 0) is 9.53 Å². The molecule has 3 rings (SSSR count). The summed E-state index contributed by atoms with van der Waals surface area (Å²) < 4.78 is 5.75. The van der Waals surface area contributed by atoms with E-state index >= 15 is 0 Å². The van der Waals surface area contributed by atoms with Gasteiger partial charge in [-0.05, 0) is 31.1 Å². The quantitative estimate of drug-likeness (QED) is 0.807. The number of nitrogens with two attached hydrogens (primary N) is 1. The number of amides is 1. The molecule has 1 saturated heterocycles. The van der Waals surface area contributed by atoms with Gasteiger partial charge in [-0.3, -0.25) is 4.79 Å². The first-order chi connectivity index (χ1) is 9.37. The fourth-order valence-electron chi connectivity index (χ4n) is 4.48. The van der Waals surface area contributed by atoms with Gasteiger partial charge in [-0.15, -0.1) is 0 Å².